The highest BCUT2D eigenvalue weighted by Gasteiger charge is 2.40. The van der Waals surface area contributed by atoms with Gasteiger partial charge in [-0.3, -0.25) is 4.79 Å². The molecule has 14 heavy (non-hydrogen) atoms. The van der Waals surface area contributed by atoms with Crippen molar-refractivity contribution in [3.63, 3.8) is 0 Å². The van der Waals surface area contributed by atoms with E-state index in [4.69, 9.17) is 0 Å². The molecule has 2 atom stereocenters. The minimum Gasteiger partial charge on any atom is -0.331 e. The normalized spacial score (nSPS) is 28.6. The summed E-state index contributed by atoms with van der Waals surface area (Å²) >= 11 is 0. The van der Waals surface area contributed by atoms with Gasteiger partial charge in [-0.25, -0.2) is 0 Å². The Bertz CT molecular complexity index is 340. The van der Waals surface area contributed by atoms with Crippen molar-refractivity contribution in [2.75, 3.05) is 6.54 Å². The van der Waals surface area contributed by atoms with E-state index in [0.717, 1.165) is 17.6 Å². The van der Waals surface area contributed by atoms with Crippen LogP contribution in [0.5, 0.6) is 0 Å². The van der Waals surface area contributed by atoms with Crippen LogP contribution in [-0.2, 0) is 4.79 Å². The molecule has 2 heteroatoms. The number of hydrogen-bond donors (Lipinski definition) is 0. The first-order chi connectivity index (χ1) is 6.59. The van der Waals surface area contributed by atoms with E-state index in [0.29, 0.717) is 12.6 Å². The summed E-state index contributed by atoms with van der Waals surface area (Å²) in [6, 6.07) is 0.309. The van der Waals surface area contributed by atoms with Crippen molar-refractivity contribution in [1.29, 1.82) is 0 Å². The van der Waals surface area contributed by atoms with Gasteiger partial charge in [-0.05, 0) is 18.9 Å². The highest BCUT2D eigenvalue weighted by atomic mass is 16.2. The van der Waals surface area contributed by atoms with Crippen LogP contribution in [0, 0.1) is 5.92 Å². The summed E-state index contributed by atoms with van der Waals surface area (Å²) in [5, 5.41) is 0. The van der Waals surface area contributed by atoms with E-state index in [9.17, 15) is 4.79 Å². The fourth-order valence-electron chi connectivity index (χ4n) is 2.01. The van der Waals surface area contributed by atoms with Crippen LogP contribution >= 0.6 is 0 Å². The molecule has 0 spiro atoms. The minimum absolute atomic E-state index is 0.137. The van der Waals surface area contributed by atoms with E-state index in [1.54, 1.807) is 0 Å². The summed E-state index contributed by atoms with van der Waals surface area (Å²) in [5.74, 6) is 0.387. The lowest BCUT2D eigenvalue weighted by atomic mass is 10.1. The molecule has 2 rings (SSSR count). The molecule has 2 nitrogen and oxygen atoms in total. The van der Waals surface area contributed by atoms with Gasteiger partial charge < -0.3 is 4.90 Å². The second-order valence-electron chi connectivity index (χ2n) is 4.14. The molecule has 1 heterocycles. The van der Waals surface area contributed by atoms with Crippen LogP contribution in [0.2, 0.25) is 0 Å². The van der Waals surface area contributed by atoms with Gasteiger partial charge >= 0.3 is 0 Å². The Morgan fingerprint density at radius 1 is 1.57 bits per heavy atom. The largest absolute Gasteiger partial charge is 0.331 e. The van der Waals surface area contributed by atoms with Gasteiger partial charge in [0.25, 0.3) is 0 Å². The first kappa shape index (κ1) is 9.25. The molecule has 2 unspecified atom stereocenters. The minimum atomic E-state index is 0.137. The number of rotatable bonds is 3. The summed E-state index contributed by atoms with van der Waals surface area (Å²) < 4.78 is 0. The van der Waals surface area contributed by atoms with E-state index in [1.807, 2.05) is 17.9 Å². The lowest BCUT2D eigenvalue weighted by Gasteiger charge is -2.25. The third-order valence-electron chi connectivity index (χ3n) is 3.03. The van der Waals surface area contributed by atoms with Crippen LogP contribution in [0.3, 0.4) is 0 Å². The van der Waals surface area contributed by atoms with Crippen LogP contribution in [0.4, 0.5) is 0 Å². The van der Waals surface area contributed by atoms with E-state index < -0.39 is 0 Å². The van der Waals surface area contributed by atoms with Crippen molar-refractivity contribution in [1.82, 2.24) is 4.90 Å². The van der Waals surface area contributed by atoms with Crippen LogP contribution in [-0.4, -0.2) is 23.4 Å². The van der Waals surface area contributed by atoms with Gasteiger partial charge in [0.15, 0.2) is 0 Å². The fourth-order valence-corrected chi connectivity index (χ4v) is 2.01. The zero-order valence-corrected chi connectivity index (χ0v) is 8.49. The maximum absolute atomic E-state index is 11.7. The van der Waals surface area contributed by atoms with Gasteiger partial charge in [-0.1, -0.05) is 30.9 Å². The molecule has 0 aromatic rings. The molecule has 0 N–H and O–H groups in total. The molecule has 0 saturated carbocycles. The Morgan fingerprint density at radius 3 is 2.79 bits per heavy atom. The summed E-state index contributed by atoms with van der Waals surface area (Å²) in [7, 11) is 0. The van der Waals surface area contributed by atoms with Gasteiger partial charge in [0.2, 0.25) is 5.91 Å². The quantitative estimate of drug-likeness (QED) is 0.490. The molecule has 1 saturated heterocycles. The van der Waals surface area contributed by atoms with Crippen molar-refractivity contribution >= 4 is 5.91 Å². The van der Waals surface area contributed by atoms with Crippen LogP contribution in [0.15, 0.2) is 36.5 Å². The lowest BCUT2D eigenvalue weighted by Crippen LogP contribution is -2.36. The topological polar surface area (TPSA) is 20.3 Å². The molecule has 0 radical (unpaired) electrons. The Balaban J connectivity index is 2.07. The molecule has 0 aromatic carbocycles. The number of amides is 1. The Kier molecular flexibility index (Phi) is 2.06. The molecular formula is C12H15NO. The molecule has 1 amide bonds. The Morgan fingerprint density at radius 2 is 2.29 bits per heavy atom. The summed E-state index contributed by atoms with van der Waals surface area (Å²) in [6.45, 7) is 10.3. The number of carbonyl (C=O) groups excluding carboxylic acids is 1. The first-order valence-electron chi connectivity index (χ1n) is 4.92. The maximum atomic E-state index is 11.7. The Hall–Kier alpha value is -1.31. The highest BCUT2D eigenvalue weighted by Crippen LogP contribution is 2.33. The predicted octanol–water partition coefficient (Wildman–Crippen LogP) is 1.91. The van der Waals surface area contributed by atoms with E-state index >= 15 is 0 Å². The SMILES string of the molecule is C=C(C)C(=C)CN1C(=O)C2C=CC1C2. The highest BCUT2D eigenvalue weighted by molar-refractivity contribution is 5.85. The van der Waals surface area contributed by atoms with Crippen LogP contribution in [0.25, 0.3) is 0 Å². The second-order valence-corrected chi connectivity index (χ2v) is 4.14. The molecule has 0 aromatic heterocycles. The van der Waals surface area contributed by atoms with Gasteiger partial charge in [0, 0.05) is 6.54 Å². The molecule has 1 fully saturated rings. The van der Waals surface area contributed by atoms with Crippen molar-refractivity contribution in [3.8, 4) is 0 Å². The van der Waals surface area contributed by atoms with Crippen LogP contribution < -0.4 is 0 Å². The molecule has 1 aliphatic heterocycles. The third-order valence-corrected chi connectivity index (χ3v) is 3.03. The molecule has 1 aliphatic carbocycles. The zero-order valence-electron chi connectivity index (χ0n) is 8.49. The molecule has 2 aliphatic rings. The number of hydrogen-bond acceptors (Lipinski definition) is 1. The smallest absolute Gasteiger partial charge is 0.230 e. The Labute approximate surface area is 84.6 Å². The fraction of sp³-hybridized carbons (Fsp3) is 0.417. The molecule has 74 valence electrons. The van der Waals surface area contributed by atoms with Gasteiger partial charge in [-0.15, -0.1) is 0 Å². The van der Waals surface area contributed by atoms with Gasteiger partial charge in [0.05, 0.1) is 12.0 Å². The lowest BCUT2D eigenvalue weighted by molar-refractivity contribution is -0.130. The van der Waals surface area contributed by atoms with E-state index in [-0.39, 0.29) is 11.8 Å². The average molecular weight is 189 g/mol. The molecule has 2 bridgehead atoms. The molecular weight excluding hydrogens is 174 g/mol. The predicted molar refractivity (Wildman–Crippen MR) is 56.7 cm³/mol. The first-order valence-corrected chi connectivity index (χ1v) is 4.92. The van der Waals surface area contributed by atoms with Crippen molar-refractivity contribution < 1.29 is 4.79 Å². The van der Waals surface area contributed by atoms with Crippen molar-refractivity contribution in [2.24, 2.45) is 5.92 Å². The van der Waals surface area contributed by atoms with E-state index in [2.05, 4.69) is 19.2 Å². The summed E-state index contributed by atoms with van der Waals surface area (Å²) in [4.78, 5) is 13.6. The zero-order chi connectivity index (χ0) is 10.3. The maximum Gasteiger partial charge on any atom is 0.230 e. The summed E-state index contributed by atoms with van der Waals surface area (Å²) in [6.07, 6.45) is 5.10. The third kappa shape index (κ3) is 1.31. The standard InChI is InChI=1S/C12H15NO/c1-8(2)9(3)7-13-11-5-4-10(6-11)12(13)14/h4-5,10-11H,1,3,6-7H2,2H3. The number of carbonyl (C=O) groups is 1. The van der Waals surface area contributed by atoms with Gasteiger partial charge in [-0.2, -0.15) is 0 Å². The second kappa shape index (κ2) is 3.12. The average Bonchev–Trinajstić information content (AvgIpc) is 2.69. The number of nitrogens with zero attached hydrogens (tertiary/aromatic N) is 1. The van der Waals surface area contributed by atoms with E-state index in [1.165, 1.54) is 0 Å². The van der Waals surface area contributed by atoms with Crippen LogP contribution in [0.1, 0.15) is 13.3 Å². The monoisotopic (exact) mass is 189 g/mol. The van der Waals surface area contributed by atoms with Crippen molar-refractivity contribution in [3.05, 3.63) is 36.5 Å². The number of fused-ring (bicyclic) bond motifs is 2. The number of likely N-dealkylation sites (tertiary alicyclic amines) is 1. The summed E-state index contributed by atoms with van der Waals surface area (Å²) in [5.41, 5.74) is 1.92. The van der Waals surface area contributed by atoms with Gasteiger partial charge in [0.1, 0.15) is 0 Å². The van der Waals surface area contributed by atoms with Crippen molar-refractivity contribution in [2.45, 2.75) is 19.4 Å².